The van der Waals surface area contributed by atoms with Gasteiger partial charge in [-0.1, -0.05) is 44.2 Å². The first kappa shape index (κ1) is 32.5. The monoisotopic (exact) mass is 574 g/mol. The summed E-state index contributed by atoms with van der Waals surface area (Å²) in [5.74, 6) is -5.75. The SMILES string of the molecule is CC(C)C1NC(=O)C(CCCN=C(N)N)NC(=O)CNC(=O)C(CC(=O)O)NC(=O)C(Cc2ccccc2)NC1=O. The van der Waals surface area contributed by atoms with Crippen LogP contribution in [0.3, 0.4) is 0 Å². The van der Waals surface area contributed by atoms with Gasteiger partial charge in [0.2, 0.25) is 29.5 Å². The fourth-order valence-corrected chi connectivity index (χ4v) is 4.07. The van der Waals surface area contributed by atoms with Crippen LogP contribution in [0.5, 0.6) is 0 Å². The third kappa shape index (κ3) is 11.1. The first-order valence-electron chi connectivity index (χ1n) is 13.2. The summed E-state index contributed by atoms with van der Waals surface area (Å²) in [5.41, 5.74) is 11.4. The Balaban J connectivity index is 2.43. The van der Waals surface area contributed by atoms with Crippen LogP contribution in [0.25, 0.3) is 0 Å². The number of aliphatic imine (C=N–C) groups is 1. The highest BCUT2D eigenvalue weighted by atomic mass is 16.4. The van der Waals surface area contributed by atoms with Crippen molar-refractivity contribution >= 4 is 41.5 Å². The lowest BCUT2D eigenvalue weighted by atomic mass is 10.00. The predicted molar refractivity (Wildman–Crippen MR) is 148 cm³/mol. The molecule has 15 heteroatoms. The van der Waals surface area contributed by atoms with Gasteiger partial charge in [0.25, 0.3) is 0 Å². The molecule has 1 aromatic carbocycles. The molecule has 1 aromatic rings. The molecular formula is C26H38N8O7. The topological polar surface area (TPSA) is 247 Å². The van der Waals surface area contributed by atoms with Crippen molar-refractivity contribution in [3.63, 3.8) is 0 Å². The van der Waals surface area contributed by atoms with Crippen LogP contribution < -0.4 is 38.1 Å². The number of carboxylic acids is 1. The van der Waals surface area contributed by atoms with Crippen molar-refractivity contribution in [3.05, 3.63) is 35.9 Å². The van der Waals surface area contributed by atoms with E-state index in [4.69, 9.17) is 11.5 Å². The van der Waals surface area contributed by atoms with Crippen LogP contribution in [0.15, 0.2) is 35.3 Å². The number of carboxylic acid groups (broad SMARTS) is 1. The lowest BCUT2D eigenvalue weighted by Crippen LogP contribution is -2.59. The fraction of sp³-hybridized carbons (Fsp3) is 0.500. The van der Waals surface area contributed by atoms with Crippen LogP contribution in [-0.4, -0.2) is 83.8 Å². The molecule has 5 amide bonds. The highest BCUT2D eigenvalue weighted by Gasteiger charge is 2.34. The summed E-state index contributed by atoms with van der Waals surface area (Å²) in [6.45, 7) is 2.98. The zero-order valence-corrected chi connectivity index (χ0v) is 23.0. The van der Waals surface area contributed by atoms with E-state index in [0.29, 0.717) is 12.0 Å². The smallest absolute Gasteiger partial charge is 0.305 e. The number of benzene rings is 1. The van der Waals surface area contributed by atoms with Crippen LogP contribution in [0, 0.1) is 5.92 Å². The molecule has 1 fully saturated rings. The number of aliphatic carboxylic acids is 1. The zero-order valence-electron chi connectivity index (χ0n) is 23.0. The lowest BCUT2D eigenvalue weighted by Gasteiger charge is -2.27. The standard InChI is InChI=1S/C26H38N8O7/c1-14(2)21-25(41)33-17(11-15-7-4-3-5-8-15)24(40)32-18(12-20(36)37)22(38)30-13-19(35)31-16(23(39)34-21)9-6-10-29-26(27)28/h3-5,7-8,14,16-18,21H,6,9-13H2,1-2H3,(H,30,38)(H,31,35)(H,32,40)(H,33,41)(H,34,39)(H,36,37)(H4,27,28,29). The summed E-state index contributed by atoms with van der Waals surface area (Å²) < 4.78 is 0. The van der Waals surface area contributed by atoms with Gasteiger partial charge in [-0.25, -0.2) is 0 Å². The number of carbonyl (C=O) groups excluding carboxylic acids is 5. The van der Waals surface area contributed by atoms with E-state index in [0.717, 1.165) is 0 Å². The van der Waals surface area contributed by atoms with Gasteiger partial charge in [-0.15, -0.1) is 0 Å². The maximum Gasteiger partial charge on any atom is 0.305 e. The van der Waals surface area contributed by atoms with Crippen LogP contribution >= 0.6 is 0 Å². The molecule has 1 saturated heterocycles. The first-order chi connectivity index (χ1) is 19.4. The average molecular weight is 575 g/mol. The van der Waals surface area contributed by atoms with Crippen molar-refractivity contribution in [2.24, 2.45) is 22.4 Å². The molecule has 0 radical (unpaired) electrons. The molecule has 0 saturated carbocycles. The second-order valence-corrected chi connectivity index (χ2v) is 9.93. The number of amides is 5. The largest absolute Gasteiger partial charge is 0.481 e. The van der Waals surface area contributed by atoms with Gasteiger partial charge in [-0.3, -0.25) is 33.8 Å². The molecule has 1 aliphatic rings. The zero-order chi connectivity index (χ0) is 30.5. The molecule has 0 bridgehead atoms. The van der Waals surface area contributed by atoms with Crippen LogP contribution in [0.2, 0.25) is 0 Å². The van der Waals surface area contributed by atoms with Gasteiger partial charge in [0.05, 0.1) is 13.0 Å². The van der Waals surface area contributed by atoms with E-state index in [1.165, 1.54) is 0 Å². The maximum absolute atomic E-state index is 13.4. The molecule has 0 aliphatic carbocycles. The van der Waals surface area contributed by atoms with Crippen molar-refractivity contribution in [2.45, 2.75) is 63.7 Å². The molecule has 224 valence electrons. The Hall–Kier alpha value is -4.69. The van der Waals surface area contributed by atoms with Crippen LogP contribution in [-0.2, 0) is 35.2 Å². The Morgan fingerprint density at radius 3 is 2.15 bits per heavy atom. The second-order valence-electron chi connectivity index (χ2n) is 9.93. The van der Waals surface area contributed by atoms with Crippen LogP contribution in [0.4, 0.5) is 0 Å². The van der Waals surface area contributed by atoms with Crippen molar-refractivity contribution in [3.8, 4) is 0 Å². The Labute approximate surface area is 237 Å². The summed E-state index contributed by atoms with van der Waals surface area (Å²) in [6.07, 6.45) is -0.341. The van der Waals surface area contributed by atoms with Crippen molar-refractivity contribution in [2.75, 3.05) is 13.1 Å². The lowest BCUT2D eigenvalue weighted by molar-refractivity contribution is -0.141. The molecule has 1 heterocycles. The third-order valence-corrected chi connectivity index (χ3v) is 6.19. The number of carbonyl (C=O) groups is 6. The van der Waals surface area contributed by atoms with E-state index >= 15 is 0 Å². The summed E-state index contributed by atoms with van der Waals surface area (Å²) in [7, 11) is 0. The van der Waals surface area contributed by atoms with Gasteiger partial charge in [-0.05, 0) is 24.3 Å². The van der Waals surface area contributed by atoms with E-state index in [9.17, 15) is 33.9 Å². The Morgan fingerprint density at radius 2 is 1.54 bits per heavy atom. The fourth-order valence-electron chi connectivity index (χ4n) is 4.07. The maximum atomic E-state index is 13.4. The molecule has 15 nitrogen and oxygen atoms in total. The average Bonchev–Trinajstić information content (AvgIpc) is 2.90. The van der Waals surface area contributed by atoms with Gasteiger partial charge >= 0.3 is 5.97 Å². The molecule has 41 heavy (non-hydrogen) atoms. The molecule has 4 unspecified atom stereocenters. The van der Waals surface area contributed by atoms with E-state index in [1.807, 2.05) is 0 Å². The van der Waals surface area contributed by atoms with E-state index in [2.05, 4.69) is 31.6 Å². The number of hydrogen-bond acceptors (Lipinski definition) is 7. The molecule has 10 N–H and O–H groups in total. The van der Waals surface area contributed by atoms with Gasteiger partial charge in [0.15, 0.2) is 5.96 Å². The van der Waals surface area contributed by atoms with E-state index in [-0.39, 0.29) is 25.3 Å². The minimum absolute atomic E-state index is 0.0199. The molecule has 4 atom stereocenters. The number of nitrogens with zero attached hydrogens (tertiary/aromatic N) is 1. The van der Waals surface area contributed by atoms with E-state index < -0.39 is 78.6 Å². The Kier molecular flexibility index (Phi) is 12.5. The van der Waals surface area contributed by atoms with Gasteiger partial charge in [-0.2, -0.15) is 0 Å². The third-order valence-electron chi connectivity index (χ3n) is 6.19. The second kappa shape index (κ2) is 15.8. The number of guanidine groups is 1. The molecule has 2 rings (SSSR count). The summed E-state index contributed by atoms with van der Waals surface area (Å²) in [5, 5.41) is 21.8. The molecular weight excluding hydrogens is 536 g/mol. The van der Waals surface area contributed by atoms with Gasteiger partial charge < -0.3 is 43.2 Å². The number of hydrogen-bond donors (Lipinski definition) is 8. The minimum atomic E-state index is -1.54. The number of nitrogens with one attached hydrogen (secondary N) is 5. The highest BCUT2D eigenvalue weighted by Crippen LogP contribution is 2.09. The number of nitrogens with two attached hydrogens (primary N) is 2. The Morgan fingerprint density at radius 1 is 0.902 bits per heavy atom. The Bertz CT molecular complexity index is 1140. The molecule has 0 aromatic heterocycles. The quantitative estimate of drug-likeness (QED) is 0.0879. The summed E-state index contributed by atoms with van der Waals surface area (Å²) in [6, 6.07) is 3.79. The van der Waals surface area contributed by atoms with Crippen molar-refractivity contribution in [1.29, 1.82) is 0 Å². The summed E-state index contributed by atoms with van der Waals surface area (Å²) in [4.78, 5) is 80.7. The predicted octanol–water partition coefficient (Wildman–Crippen LogP) is -2.52. The van der Waals surface area contributed by atoms with Crippen molar-refractivity contribution in [1.82, 2.24) is 26.6 Å². The highest BCUT2D eigenvalue weighted by molar-refractivity contribution is 5.98. The van der Waals surface area contributed by atoms with E-state index in [1.54, 1.807) is 44.2 Å². The first-order valence-corrected chi connectivity index (χ1v) is 13.2. The van der Waals surface area contributed by atoms with Crippen molar-refractivity contribution < 1.29 is 33.9 Å². The summed E-state index contributed by atoms with van der Waals surface area (Å²) >= 11 is 0. The number of rotatable bonds is 9. The van der Waals surface area contributed by atoms with Gasteiger partial charge in [0.1, 0.15) is 24.2 Å². The minimum Gasteiger partial charge on any atom is -0.481 e. The van der Waals surface area contributed by atoms with Gasteiger partial charge in [0, 0.05) is 13.0 Å². The molecule has 0 spiro atoms. The normalized spacial score (nSPS) is 22.7. The van der Waals surface area contributed by atoms with Crippen LogP contribution in [0.1, 0.15) is 38.7 Å². The molecule has 1 aliphatic heterocycles.